The highest BCUT2D eigenvalue weighted by molar-refractivity contribution is 6.06. The van der Waals surface area contributed by atoms with Crippen LogP contribution in [-0.4, -0.2) is 45.6 Å². The number of esters is 1. The molecule has 1 aliphatic rings. The Kier molecular flexibility index (Phi) is 6.23. The van der Waals surface area contributed by atoms with Crippen LogP contribution in [0.25, 0.3) is 10.9 Å². The van der Waals surface area contributed by atoms with Gasteiger partial charge in [0.25, 0.3) is 5.91 Å². The molecule has 1 unspecified atom stereocenters. The first kappa shape index (κ1) is 22.0. The average molecular weight is 437 g/mol. The smallest absolute Gasteiger partial charge is 0.340 e. The number of aromatic nitrogens is 2. The quantitative estimate of drug-likeness (QED) is 0.586. The van der Waals surface area contributed by atoms with Crippen molar-refractivity contribution in [2.75, 3.05) is 11.9 Å². The number of aryl methyl sites for hydroxylation is 1. The molecule has 168 valence electrons. The Labute approximate surface area is 186 Å². The number of carbonyl (C=O) groups is 2. The van der Waals surface area contributed by atoms with E-state index in [1.807, 2.05) is 24.3 Å². The molecule has 1 aliphatic heterocycles. The highest BCUT2D eigenvalue weighted by Gasteiger charge is 2.30. The maximum absolute atomic E-state index is 13.5. The summed E-state index contributed by atoms with van der Waals surface area (Å²) in [6.07, 6.45) is 0.145. The van der Waals surface area contributed by atoms with Crippen molar-refractivity contribution in [1.29, 1.82) is 0 Å². The van der Waals surface area contributed by atoms with Crippen LogP contribution >= 0.6 is 0 Å². The second-order valence-corrected chi connectivity index (χ2v) is 8.36. The van der Waals surface area contributed by atoms with Gasteiger partial charge in [0, 0.05) is 48.3 Å². The molecule has 1 atom stereocenters. The normalized spacial score (nSPS) is 14.9. The molecule has 1 aromatic carbocycles. The van der Waals surface area contributed by atoms with Crippen LogP contribution in [0.5, 0.6) is 0 Å². The standard InChI is InChI=1S/C24H28N4O4/c1-5-20(23(29)26-21-12-15(4)32-27-21)31-24(30)22-16-8-6-7-9-18(16)25-19-10-11-28(14(2)3)13-17(19)22/h6-9,12,14,20H,5,10-11,13H2,1-4H3,(H,26,27,29). The number of fused-ring (bicyclic) bond motifs is 2. The van der Waals surface area contributed by atoms with Crippen LogP contribution in [0.15, 0.2) is 34.9 Å². The lowest BCUT2D eigenvalue weighted by atomic mass is 9.95. The molecule has 0 fully saturated rings. The molecule has 0 spiro atoms. The van der Waals surface area contributed by atoms with E-state index in [9.17, 15) is 9.59 Å². The molecule has 3 aromatic rings. The van der Waals surface area contributed by atoms with Gasteiger partial charge in [0.15, 0.2) is 11.9 Å². The first-order valence-corrected chi connectivity index (χ1v) is 11.0. The first-order chi connectivity index (χ1) is 15.4. The Morgan fingerprint density at radius 1 is 1.28 bits per heavy atom. The van der Waals surface area contributed by atoms with Crippen LogP contribution in [-0.2, 0) is 22.5 Å². The van der Waals surface area contributed by atoms with Crippen molar-refractivity contribution in [3.8, 4) is 0 Å². The fourth-order valence-electron chi connectivity index (χ4n) is 4.03. The van der Waals surface area contributed by atoms with Crippen molar-refractivity contribution < 1.29 is 18.8 Å². The van der Waals surface area contributed by atoms with E-state index >= 15 is 0 Å². The summed E-state index contributed by atoms with van der Waals surface area (Å²) in [5.74, 6) is -0.0785. The van der Waals surface area contributed by atoms with Crippen LogP contribution in [0, 0.1) is 6.92 Å². The predicted molar refractivity (Wildman–Crippen MR) is 120 cm³/mol. The summed E-state index contributed by atoms with van der Waals surface area (Å²) >= 11 is 0. The van der Waals surface area contributed by atoms with E-state index < -0.39 is 18.0 Å². The average Bonchev–Trinajstić information content (AvgIpc) is 3.19. The third-order valence-corrected chi connectivity index (χ3v) is 5.80. The number of rotatable bonds is 6. The van der Waals surface area contributed by atoms with Crippen molar-refractivity contribution >= 4 is 28.6 Å². The van der Waals surface area contributed by atoms with E-state index in [-0.39, 0.29) is 0 Å². The van der Waals surface area contributed by atoms with Gasteiger partial charge in [0.05, 0.1) is 11.1 Å². The molecule has 4 rings (SSSR count). The number of benzene rings is 1. The topological polar surface area (TPSA) is 97.6 Å². The monoisotopic (exact) mass is 436 g/mol. The summed E-state index contributed by atoms with van der Waals surface area (Å²) < 4.78 is 10.7. The van der Waals surface area contributed by atoms with Crippen LogP contribution in [0.1, 0.15) is 54.6 Å². The molecule has 1 amide bonds. The van der Waals surface area contributed by atoms with Gasteiger partial charge in [-0.15, -0.1) is 0 Å². The van der Waals surface area contributed by atoms with Gasteiger partial charge in [0.1, 0.15) is 5.76 Å². The Bertz CT molecular complexity index is 1150. The summed E-state index contributed by atoms with van der Waals surface area (Å²) in [6, 6.07) is 9.53. The zero-order valence-electron chi connectivity index (χ0n) is 18.8. The van der Waals surface area contributed by atoms with Crippen molar-refractivity contribution in [3.63, 3.8) is 0 Å². The third-order valence-electron chi connectivity index (χ3n) is 5.80. The highest BCUT2D eigenvalue weighted by atomic mass is 16.5. The number of amides is 1. The van der Waals surface area contributed by atoms with E-state index in [1.165, 1.54) is 0 Å². The number of nitrogens with zero attached hydrogens (tertiary/aromatic N) is 3. The summed E-state index contributed by atoms with van der Waals surface area (Å²) in [5.41, 5.74) is 3.06. The minimum atomic E-state index is -0.952. The van der Waals surface area contributed by atoms with Crippen LogP contribution in [0.3, 0.4) is 0 Å². The third kappa shape index (κ3) is 4.36. The summed E-state index contributed by atoms with van der Waals surface area (Å²) in [7, 11) is 0. The van der Waals surface area contributed by atoms with E-state index in [0.29, 0.717) is 36.1 Å². The Hall–Kier alpha value is -3.26. The molecule has 0 saturated heterocycles. The van der Waals surface area contributed by atoms with E-state index in [2.05, 4.69) is 29.2 Å². The maximum atomic E-state index is 13.5. The number of anilines is 1. The van der Waals surface area contributed by atoms with E-state index in [0.717, 1.165) is 35.1 Å². The van der Waals surface area contributed by atoms with Crippen molar-refractivity contribution in [1.82, 2.24) is 15.0 Å². The number of hydrogen-bond acceptors (Lipinski definition) is 7. The maximum Gasteiger partial charge on any atom is 0.340 e. The molecule has 2 aromatic heterocycles. The fraction of sp³-hybridized carbons (Fsp3) is 0.417. The minimum absolute atomic E-state index is 0.293. The van der Waals surface area contributed by atoms with Gasteiger partial charge in [-0.1, -0.05) is 30.3 Å². The Balaban J connectivity index is 1.66. The van der Waals surface area contributed by atoms with Crippen LogP contribution in [0.4, 0.5) is 5.82 Å². The lowest BCUT2D eigenvalue weighted by Crippen LogP contribution is -2.38. The summed E-state index contributed by atoms with van der Waals surface area (Å²) in [5, 5.41) is 7.16. The Morgan fingerprint density at radius 2 is 2.06 bits per heavy atom. The van der Waals surface area contributed by atoms with Crippen molar-refractivity contribution in [2.24, 2.45) is 0 Å². The highest BCUT2D eigenvalue weighted by Crippen LogP contribution is 2.30. The lowest BCUT2D eigenvalue weighted by Gasteiger charge is -2.32. The SMILES string of the molecule is CCC(OC(=O)c1c2c(nc3ccccc13)CCN(C(C)C)C2)C(=O)Nc1cc(C)on1. The number of ether oxygens (including phenoxy) is 1. The summed E-state index contributed by atoms with van der Waals surface area (Å²) in [6.45, 7) is 9.32. The largest absolute Gasteiger partial charge is 0.449 e. The van der Waals surface area contributed by atoms with Gasteiger partial charge in [0.2, 0.25) is 0 Å². The van der Waals surface area contributed by atoms with Gasteiger partial charge in [-0.05, 0) is 33.3 Å². The second-order valence-electron chi connectivity index (χ2n) is 8.36. The van der Waals surface area contributed by atoms with Gasteiger partial charge in [-0.25, -0.2) is 4.79 Å². The zero-order valence-corrected chi connectivity index (χ0v) is 18.8. The van der Waals surface area contributed by atoms with Gasteiger partial charge < -0.3 is 14.6 Å². The van der Waals surface area contributed by atoms with E-state index in [4.69, 9.17) is 14.2 Å². The molecular formula is C24H28N4O4. The molecular weight excluding hydrogens is 408 g/mol. The number of carbonyl (C=O) groups excluding carboxylic acids is 2. The first-order valence-electron chi connectivity index (χ1n) is 11.0. The number of nitrogens with one attached hydrogen (secondary N) is 1. The number of hydrogen-bond donors (Lipinski definition) is 1. The van der Waals surface area contributed by atoms with Crippen molar-refractivity contribution in [2.45, 2.75) is 59.2 Å². The summed E-state index contributed by atoms with van der Waals surface area (Å²) in [4.78, 5) is 33.3. The fourth-order valence-corrected chi connectivity index (χ4v) is 4.03. The van der Waals surface area contributed by atoms with E-state index in [1.54, 1.807) is 19.9 Å². The van der Waals surface area contributed by atoms with Gasteiger partial charge in [-0.3, -0.25) is 14.7 Å². The number of pyridine rings is 1. The molecule has 1 N–H and O–H groups in total. The van der Waals surface area contributed by atoms with Crippen LogP contribution in [0.2, 0.25) is 0 Å². The molecule has 0 aliphatic carbocycles. The molecule has 0 radical (unpaired) electrons. The zero-order chi connectivity index (χ0) is 22.8. The van der Waals surface area contributed by atoms with Crippen LogP contribution < -0.4 is 5.32 Å². The lowest BCUT2D eigenvalue weighted by molar-refractivity contribution is -0.124. The molecule has 8 nitrogen and oxygen atoms in total. The molecule has 3 heterocycles. The molecule has 0 bridgehead atoms. The van der Waals surface area contributed by atoms with Gasteiger partial charge in [-0.2, -0.15) is 0 Å². The van der Waals surface area contributed by atoms with Gasteiger partial charge >= 0.3 is 5.97 Å². The molecule has 8 heteroatoms. The Morgan fingerprint density at radius 3 is 2.75 bits per heavy atom. The molecule has 32 heavy (non-hydrogen) atoms. The minimum Gasteiger partial charge on any atom is -0.449 e. The van der Waals surface area contributed by atoms with Crippen molar-refractivity contribution in [3.05, 3.63) is 52.9 Å². The number of para-hydroxylation sites is 1. The predicted octanol–water partition coefficient (Wildman–Crippen LogP) is 3.87. The molecule has 0 saturated carbocycles. The second kappa shape index (κ2) is 9.08.